The van der Waals surface area contributed by atoms with Crippen LogP contribution in [0.2, 0.25) is 0 Å². The molecule has 0 saturated heterocycles. The molecule has 2 rings (SSSR count). The van der Waals surface area contributed by atoms with Crippen LogP contribution in [-0.4, -0.2) is 4.98 Å². The molecule has 0 radical (unpaired) electrons. The molecule has 1 aromatic rings. The Balaban J connectivity index is 2.23. The van der Waals surface area contributed by atoms with Crippen LogP contribution in [0.4, 0.5) is 0 Å². The van der Waals surface area contributed by atoms with E-state index in [9.17, 15) is 0 Å². The minimum Gasteiger partial charge on any atom is -0.265 e. The van der Waals surface area contributed by atoms with Crippen LogP contribution in [0.25, 0.3) is 0 Å². The van der Waals surface area contributed by atoms with E-state index < -0.39 is 0 Å². The molecule has 1 aliphatic rings. The van der Waals surface area contributed by atoms with Gasteiger partial charge in [0.15, 0.2) is 0 Å². The molecule has 1 aromatic heterocycles. The van der Waals surface area contributed by atoms with Crippen molar-refractivity contribution < 1.29 is 0 Å². The lowest BCUT2D eigenvalue weighted by Crippen LogP contribution is -1.84. The molecule has 0 spiro atoms. The average molecular weight is 181 g/mol. The Morgan fingerprint density at radius 2 is 2.09 bits per heavy atom. The Kier molecular flexibility index (Phi) is 2.19. The van der Waals surface area contributed by atoms with Crippen molar-refractivity contribution in [3.05, 3.63) is 41.6 Å². The molecule has 1 unspecified atom stereocenters. The molecule has 0 aliphatic carbocycles. The monoisotopic (exact) mass is 181 g/mol. The highest BCUT2D eigenvalue weighted by Crippen LogP contribution is 2.45. The van der Waals surface area contributed by atoms with Gasteiger partial charge in [-0.2, -0.15) is 0 Å². The molecule has 0 aromatic carbocycles. The van der Waals surface area contributed by atoms with E-state index >= 15 is 0 Å². The van der Waals surface area contributed by atoms with E-state index in [1.165, 1.54) is 5.56 Å². The van der Waals surface area contributed by atoms with E-state index in [2.05, 4.69) is 28.6 Å². The molecular formula is C8H7NS2. The fraction of sp³-hybridized carbons (Fsp3) is 0.125. The van der Waals surface area contributed by atoms with Gasteiger partial charge in [0.1, 0.15) is 0 Å². The smallest absolute Gasteiger partial charge is 0.0593 e. The van der Waals surface area contributed by atoms with Gasteiger partial charge in [-0.25, -0.2) is 0 Å². The first-order valence-electron chi connectivity index (χ1n) is 3.35. The van der Waals surface area contributed by atoms with Gasteiger partial charge in [0.05, 0.1) is 5.25 Å². The molecule has 1 nitrogen and oxygen atoms in total. The van der Waals surface area contributed by atoms with E-state index in [0.29, 0.717) is 5.25 Å². The largest absolute Gasteiger partial charge is 0.265 e. The van der Waals surface area contributed by atoms with Crippen LogP contribution in [0.1, 0.15) is 10.8 Å². The third-order valence-electron chi connectivity index (χ3n) is 1.50. The summed E-state index contributed by atoms with van der Waals surface area (Å²) in [6.45, 7) is 0. The molecule has 1 atom stereocenters. The summed E-state index contributed by atoms with van der Waals surface area (Å²) in [5.41, 5.74) is 1.34. The molecule has 56 valence electrons. The summed E-state index contributed by atoms with van der Waals surface area (Å²) in [6.07, 6.45) is 5.89. The SMILES string of the molecule is C1=CC(c2ccncc2)SS1. The van der Waals surface area contributed by atoms with Crippen molar-refractivity contribution in [3.8, 4) is 0 Å². The van der Waals surface area contributed by atoms with Crippen LogP contribution < -0.4 is 0 Å². The third kappa shape index (κ3) is 1.60. The summed E-state index contributed by atoms with van der Waals surface area (Å²) in [6, 6.07) is 4.13. The fourth-order valence-electron chi connectivity index (χ4n) is 0.947. The first kappa shape index (κ1) is 7.25. The van der Waals surface area contributed by atoms with Crippen molar-refractivity contribution in [3.63, 3.8) is 0 Å². The maximum absolute atomic E-state index is 3.98. The standard InChI is InChI=1S/C8H7NS2/c1-4-9-5-2-7(1)8-3-6-10-11-8/h1-6,8H. The molecule has 1 aliphatic heterocycles. The molecule has 3 heteroatoms. The highest BCUT2D eigenvalue weighted by atomic mass is 33.1. The van der Waals surface area contributed by atoms with Gasteiger partial charge in [0.25, 0.3) is 0 Å². The van der Waals surface area contributed by atoms with E-state index in [1.807, 2.05) is 23.2 Å². The molecule has 0 bridgehead atoms. The fourth-order valence-corrected chi connectivity index (χ4v) is 3.13. The van der Waals surface area contributed by atoms with Gasteiger partial charge in [0, 0.05) is 12.4 Å². The number of nitrogens with zero attached hydrogens (tertiary/aromatic N) is 1. The third-order valence-corrected chi connectivity index (χ3v) is 3.81. The van der Waals surface area contributed by atoms with Crippen molar-refractivity contribution >= 4 is 21.6 Å². The zero-order valence-corrected chi connectivity index (χ0v) is 7.44. The number of rotatable bonds is 1. The van der Waals surface area contributed by atoms with Crippen molar-refractivity contribution in [1.29, 1.82) is 0 Å². The molecule has 0 N–H and O–H groups in total. The lowest BCUT2D eigenvalue weighted by Gasteiger charge is -2.03. The number of hydrogen-bond donors (Lipinski definition) is 0. The number of pyridine rings is 1. The Bertz CT molecular complexity index is 258. The van der Waals surface area contributed by atoms with E-state index in [-0.39, 0.29) is 0 Å². The second-order valence-electron chi connectivity index (χ2n) is 2.22. The molecule has 0 saturated carbocycles. The van der Waals surface area contributed by atoms with E-state index in [0.717, 1.165) is 0 Å². The second-order valence-corrected chi connectivity index (χ2v) is 4.54. The van der Waals surface area contributed by atoms with Crippen molar-refractivity contribution in [2.24, 2.45) is 0 Å². The van der Waals surface area contributed by atoms with Gasteiger partial charge in [-0.15, -0.1) is 0 Å². The first-order valence-corrected chi connectivity index (χ1v) is 5.63. The summed E-state index contributed by atoms with van der Waals surface area (Å²) in [5, 5.41) is 2.67. The maximum Gasteiger partial charge on any atom is 0.0593 e. The Morgan fingerprint density at radius 3 is 2.73 bits per heavy atom. The zero-order chi connectivity index (χ0) is 7.52. The van der Waals surface area contributed by atoms with Crippen LogP contribution in [0.3, 0.4) is 0 Å². The van der Waals surface area contributed by atoms with Gasteiger partial charge >= 0.3 is 0 Å². The van der Waals surface area contributed by atoms with Crippen molar-refractivity contribution in [2.75, 3.05) is 0 Å². The van der Waals surface area contributed by atoms with E-state index in [1.54, 1.807) is 10.8 Å². The summed E-state index contributed by atoms with van der Waals surface area (Å²) >= 11 is 0. The number of aromatic nitrogens is 1. The average Bonchev–Trinajstić information content (AvgIpc) is 2.58. The molecule has 11 heavy (non-hydrogen) atoms. The van der Waals surface area contributed by atoms with Gasteiger partial charge in [-0.05, 0) is 23.1 Å². The summed E-state index contributed by atoms with van der Waals surface area (Å²) < 4.78 is 0. The molecular weight excluding hydrogens is 174 g/mol. The Hall–Kier alpha value is -0.410. The predicted octanol–water partition coefficient (Wildman–Crippen LogP) is 3.03. The van der Waals surface area contributed by atoms with Crippen molar-refractivity contribution in [1.82, 2.24) is 4.98 Å². The van der Waals surface area contributed by atoms with E-state index in [4.69, 9.17) is 0 Å². The van der Waals surface area contributed by atoms with Crippen LogP contribution in [-0.2, 0) is 0 Å². The summed E-state index contributed by atoms with van der Waals surface area (Å²) in [4.78, 5) is 3.98. The highest BCUT2D eigenvalue weighted by Gasteiger charge is 2.11. The van der Waals surface area contributed by atoms with Crippen molar-refractivity contribution in [2.45, 2.75) is 5.25 Å². The maximum atomic E-state index is 3.98. The van der Waals surface area contributed by atoms with Gasteiger partial charge in [-0.1, -0.05) is 27.7 Å². The highest BCUT2D eigenvalue weighted by molar-refractivity contribution is 8.78. The molecule has 0 amide bonds. The second kappa shape index (κ2) is 3.32. The lowest BCUT2D eigenvalue weighted by atomic mass is 10.2. The van der Waals surface area contributed by atoms with Crippen LogP contribution in [0.15, 0.2) is 36.0 Å². The molecule has 2 heterocycles. The minimum absolute atomic E-state index is 0.531. The zero-order valence-electron chi connectivity index (χ0n) is 5.81. The normalized spacial score (nSPS) is 22.4. The summed E-state index contributed by atoms with van der Waals surface area (Å²) in [5.74, 6) is 0. The minimum atomic E-state index is 0.531. The molecule has 0 fully saturated rings. The summed E-state index contributed by atoms with van der Waals surface area (Å²) in [7, 11) is 3.67. The van der Waals surface area contributed by atoms with Crippen LogP contribution >= 0.6 is 21.6 Å². The Labute approximate surface area is 73.7 Å². The first-order chi connectivity index (χ1) is 5.47. The van der Waals surface area contributed by atoms with Gasteiger partial charge in [0.2, 0.25) is 0 Å². The van der Waals surface area contributed by atoms with Crippen LogP contribution in [0, 0.1) is 0 Å². The number of hydrogen-bond acceptors (Lipinski definition) is 3. The lowest BCUT2D eigenvalue weighted by molar-refractivity contribution is 1.20. The quantitative estimate of drug-likeness (QED) is 0.618. The predicted molar refractivity (Wildman–Crippen MR) is 51.3 cm³/mol. The van der Waals surface area contributed by atoms with Crippen LogP contribution in [0.5, 0.6) is 0 Å². The van der Waals surface area contributed by atoms with Gasteiger partial charge < -0.3 is 0 Å². The topological polar surface area (TPSA) is 12.9 Å². The van der Waals surface area contributed by atoms with Gasteiger partial charge in [-0.3, -0.25) is 4.98 Å². The Morgan fingerprint density at radius 1 is 1.27 bits per heavy atom.